The number of hydrogen-bond acceptors (Lipinski definition) is 7. The fraction of sp³-hybridized carbons (Fsp3) is 0.560. The van der Waals surface area contributed by atoms with Gasteiger partial charge in [-0.15, -0.1) is 0 Å². The van der Waals surface area contributed by atoms with Crippen LogP contribution >= 0.6 is 0 Å². The number of hydrogen-bond donors (Lipinski definition) is 3. The number of rotatable bonds is 8. The van der Waals surface area contributed by atoms with Gasteiger partial charge in [0.15, 0.2) is 0 Å². The van der Waals surface area contributed by atoms with E-state index < -0.39 is 55.0 Å². The highest BCUT2D eigenvalue weighted by Crippen LogP contribution is 2.33. The summed E-state index contributed by atoms with van der Waals surface area (Å²) in [5, 5.41) is 31.3. The molecule has 2 atom stereocenters. The summed E-state index contributed by atoms with van der Waals surface area (Å²) < 4.78 is 45.9. The quantitative estimate of drug-likeness (QED) is 0.264. The van der Waals surface area contributed by atoms with Crippen LogP contribution in [0.15, 0.2) is 35.9 Å². The van der Waals surface area contributed by atoms with Crippen LogP contribution in [0.25, 0.3) is 0 Å². The molecule has 3 rings (SSSR count). The van der Waals surface area contributed by atoms with Gasteiger partial charge in [0.05, 0.1) is 19.0 Å². The summed E-state index contributed by atoms with van der Waals surface area (Å²) in [4.78, 5) is 28.5. The van der Waals surface area contributed by atoms with Gasteiger partial charge in [-0.25, -0.2) is 18.0 Å². The van der Waals surface area contributed by atoms with Gasteiger partial charge in [-0.2, -0.15) is 5.26 Å². The van der Waals surface area contributed by atoms with E-state index in [0.717, 1.165) is 0 Å². The van der Waals surface area contributed by atoms with Crippen molar-refractivity contribution in [1.29, 1.82) is 5.26 Å². The molecule has 0 spiro atoms. The average Bonchev–Trinajstić information content (AvgIpc) is 3.23. The number of alkyl carbamates (subject to hydrolysis) is 1. The van der Waals surface area contributed by atoms with Crippen molar-refractivity contribution in [2.45, 2.75) is 63.0 Å². The number of amides is 2. The number of ether oxygens (including phenoxy) is 1. The Morgan fingerprint density at radius 3 is 2.58 bits per heavy atom. The third-order valence-corrected chi connectivity index (χ3v) is 6.80. The number of alkyl halides is 2. The first-order valence-electron chi connectivity index (χ1n) is 12.4. The second-order valence-electron chi connectivity index (χ2n) is 10.3. The monoisotopic (exact) mass is 536 g/mol. The summed E-state index contributed by atoms with van der Waals surface area (Å²) in [6.07, 6.45) is 0.434. The van der Waals surface area contributed by atoms with E-state index in [1.807, 2.05) is 6.07 Å². The Bertz CT molecular complexity index is 1080. The van der Waals surface area contributed by atoms with Gasteiger partial charge in [-0.3, -0.25) is 9.69 Å². The van der Waals surface area contributed by atoms with Gasteiger partial charge in [0.25, 0.3) is 11.8 Å². The fourth-order valence-corrected chi connectivity index (χ4v) is 4.65. The maximum atomic E-state index is 13.7. The molecule has 0 aliphatic carbocycles. The van der Waals surface area contributed by atoms with E-state index in [0.29, 0.717) is 24.9 Å². The molecule has 206 valence electrons. The van der Waals surface area contributed by atoms with Crippen LogP contribution in [-0.2, 0) is 16.0 Å². The molecule has 0 aromatic heterocycles. The summed E-state index contributed by atoms with van der Waals surface area (Å²) in [5.74, 6) is -4.97. The number of carbonyl (C=O) groups excluding carboxylic acids is 2. The van der Waals surface area contributed by atoms with E-state index in [1.165, 1.54) is 40.1 Å². The Kier molecular flexibility index (Phi) is 9.46. The highest BCUT2D eigenvalue weighted by Gasteiger charge is 2.43. The molecular weight excluding hydrogens is 504 g/mol. The third kappa shape index (κ3) is 7.96. The molecule has 3 N–H and O–H groups in total. The molecule has 2 saturated heterocycles. The first-order chi connectivity index (χ1) is 17.8. The van der Waals surface area contributed by atoms with Crippen molar-refractivity contribution < 1.29 is 37.5 Å². The zero-order valence-corrected chi connectivity index (χ0v) is 21.4. The molecule has 38 heavy (non-hydrogen) atoms. The van der Waals surface area contributed by atoms with Crippen LogP contribution < -0.4 is 5.32 Å². The number of piperidine rings is 1. The maximum absolute atomic E-state index is 13.7. The fourth-order valence-electron chi connectivity index (χ4n) is 4.65. The topological polar surface area (TPSA) is 126 Å². The minimum Gasteiger partial charge on any atom is -0.444 e. The minimum absolute atomic E-state index is 0.0113. The normalized spacial score (nSPS) is 20.9. The molecule has 2 heterocycles. The molecule has 9 nitrogen and oxygen atoms in total. The summed E-state index contributed by atoms with van der Waals surface area (Å²) in [6, 6.07) is 7.22. The van der Waals surface area contributed by atoms with Gasteiger partial charge >= 0.3 is 13.2 Å². The molecule has 0 bridgehead atoms. The Hall–Kier alpha value is -3.08. The molecule has 1 aromatic rings. The van der Waals surface area contributed by atoms with Crippen molar-refractivity contribution in [1.82, 2.24) is 15.1 Å². The summed E-state index contributed by atoms with van der Waals surface area (Å²) >= 11 is 0. The average molecular weight is 536 g/mol. The molecule has 2 fully saturated rings. The van der Waals surface area contributed by atoms with Crippen molar-refractivity contribution in [2.24, 2.45) is 0 Å². The zero-order valence-electron chi connectivity index (χ0n) is 21.4. The standard InChI is InChI=1S/C25H32BF3N4O5/c1-24(2,33-11-9-25(28,29)16-33)13-18(14-30)22(34)32-10-3-4-20(15-32)38-23(35)31-21(26(36)37)12-17-5-7-19(27)8-6-17/h5-8,13,20-21,36-37H,3-4,9-12,15-16H2,1-2H3,(H,31,35)/t20?,21-/m0/s1. The summed E-state index contributed by atoms with van der Waals surface area (Å²) in [6.45, 7) is 3.36. The van der Waals surface area contributed by atoms with Crippen molar-refractivity contribution >= 4 is 19.1 Å². The van der Waals surface area contributed by atoms with Gasteiger partial charge < -0.3 is 25.0 Å². The Balaban J connectivity index is 1.59. The molecule has 0 radical (unpaired) electrons. The van der Waals surface area contributed by atoms with Crippen molar-refractivity contribution in [3.63, 3.8) is 0 Å². The van der Waals surface area contributed by atoms with E-state index in [9.17, 15) is 38.1 Å². The SMILES string of the molecule is CC(C)(C=C(C#N)C(=O)N1CCCC(OC(=O)N[C@@H](Cc2ccc(F)cc2)B(O)O)C1)N1CCC(F)(F)C1. The van der Waals surface area contributed by atoms with Gasteiger partial charge in [-0.05, 0) is 56.9 Å². The first-order valence-corrected chi connectivity index (χ1v) is 12.4. The molecule has 1 unspecified atom stereocenters. The van der Waals surface area contributed by atoms with Crippen molar-refractivity contribution in [3.05, 3.63) is 47.3 Å². The van der Waals surface area contributed by atoms with Crippen molar-refractivity contribution in [3.8, 4) is 6.07 Å². The maximum Gasteiger partial charge on any atom is 0.475 e. The number of halogens is 3. The number of nitrogens with zero attached hydrogens (tertiary/aromatic N) is 3. The Morgan fingerprint density at radius 1 is 1.32 bits per heavy atom. The van der Waals surface area contributed by atoms with Crippen molar-refractivity contribution in [2.75, 3.05) is 26.2 Å². The lowest BCUT2D eigenvalue weighted by atomic mass is 9.76. The van der Waals surface area contributed by atoms with Crippen LogP contribution in [0.1, 0.15) is 38.7 Å². The van der Waals surface area contributed by atoms with Gasteiger partial charge in [0, 0.05) is 25.0 Å². The molecule has 2 amide bonds. The highest BCUT2D eigenvalue weighted by atomic mass is 19.3. The lowest BCUT2D eigenvalue weighted by Gasteiger charge is -2.35. The van der Waals surface area contributed by atoms with Gasteiger partial charge in [0.1, 0.15) is 23.6 Å². The van der Waals surface area contributed by atoms with Crippen LogP contribution in [0.2, 0.25) is 0 Å². The molecule has 0 saturated carbocycles. The Morgan fingerprint density at radius 2 is 2.00 bits per heavy atom. The zero-order chi connectivity index (χ0) is 28.1. The molecule has 2 aliphatic heterocycles. The lowest BCUT2D eigenvalue weighted by molar-refractivity contribution is -0.129. The highest BCUT2D eigenvalue weighted by molar-refractivity contribution is 6.43. The van der Waals surface area contributed by atoms with Crippen LogP contribution in [0, 0.1) is 17.1 Å². The summed E-state index contributed by atoms with van der Waals surface area (Å²) in [7, 11) is -1.90. The number of nitrogens with one attached hydrogen (secondary N) is 1. The third-order valence-electron chi connectivity index (χ3n) is 6.80. The van der Waals surface area contributed by atoms with Crippen LogP contribution in [0.4, 0.5) is 18.0 Å². The first kappa shape index (κ1) is 29.5. The molecular formula is C25H32BF3N4O5. The number of likely N-dealkylation sites (tertiary alicyclic amines) is 2. The second-order valence-corrected chi connectivity index (χ2v) is 10.3. The van der Waals surface area contributed by atoms with E-state index in [4.69, 9.17) is 4.74 Å². The van der Waals surface area contributed by atoms with Gasteiger partial charge in [0.2, 0.25) is 0 Å². The lowest BCUT2D eigenvalue weighted by Crippen LogP contribution is -2.50. The van der Waals surface area contributed by atoms with E-state index >= 15 is 0 Å². The number of carbonyl (C=O) groups is 2. The van der Waals surface area contributed by atoms with E-state index in [1.54, 1.807) is 13.8 Å². The minimum atomic E-state index is -2.82. The smallest absolute Gasteiger partial charge is 0.444 e. The molecule has 1 aromatic carbocycles. The Labute approximate surface area is 220 Å². The van der Waals surface area contributed by atoms with E-state index in [-0.39, 0.29) is 31.5 Å². The summed E-state index contributed by atoms with van der Waals surface area (Å²) in [5.41, 5.74) is -0.564. The largest absolute Gasteiger partial charge is 0.475 e. The molecule has 13 heteroatoms. The predicted octanol–water partition coefficient (Wildman–Crippen LogP) is 2.04. The van der Waals surface area contributed by atoms with E-state index in [2.05, 4.69) is 5.32 Å². The van der Waals surface area contributed by atoms with Crippen LogP contribution in [0.5, 0.6) is 0 Å². The number of benzene rings is 1. The molecule has 2 aliphatic rings. The van der Waals surface area contributed by atoms with Crippen LogP contribution in [0.3, 0.4) is 0 Å². The van der Waals surface area contributed by atoms with Gasteiger partial charge in [-0.1, -0.05) is 12.1 Å². The van der Waals surface area contributed by atoms with Crippen LogP contribution in [-0.4, -0.2) is 88.7 Å². The predicted molar refractivity (Wildman–Crippen MR) is 132 cm³/mol. The second kappa shape index (κ2) is 12.2. The number of nitriles is 1.